The number of carbonyl (C=O) groups is 1. The zero-order valence-electron chi connectivity index (χ0n) is 15.7. The lowest BCUT2D eigenvalue weighted by Gasteiger charge is -2.26. The summed E-state index contributed by atoms with van der Waals surface area (Å²) in [5.74, 6) is 0.836. The van der Waals surface area contributed by atoms with Gasteiger partial charge >= 0.3 is 0 Å². The first-order chi connectivity index (χ1) is 11.8. The molecule has 1 aromatic heterocycles. The molecule has 1 fully saturated rings. The van der Waals surface area contributed by atoms with Crippen molar-refractivity contribution in [2.45, 2.75) is 52.1 Å². The second-order valence-corrected chi connectivity index (χ2v) is 7.65. The Bertz CT molecular complexity index is 773. The van der Waals surface area contributed by atoms with Crippen molar-refractivity contribution >= 4 is 5.91 Å². The molecule has 0 saturated carbocycles. The molecule has 1 aromatic carbocycles. The summed E-state index contributed by atoms with van der Waals surface area (Å²) in [5, 5.41) is 4.59. The van der Waals surface area contributed by atoms with E-state index in [0.717, 1.165) is 36.4 Å². The van der Waals surface area contributed by atoms with Gasteiger partial charge in [-0.1, -0.05) is 18.2 Å². The van der Waals surface area contributed by atoms with Crippen molar-refractivity contribution in [1.29, 1.82) is 0 Å². The minimum absolute atomic E-state index is 0.000457. The van der Waals surface area contributed by atoms with E-state index in [-0.39, 0.29) is 17.5 Å². The summed E-state index contributed by atoms with van der Waals surface area (Å²) in [6.07, 6.45) is 1.94. The van der Waals surface area contributed by atoms with Crippen LogP contribution in [0.15, 0.2) is 30.3 Å². The van der Waals surface area contributed by atoms with Crippen molar-refractivity contribution in [3.63, 3.8) is 0 Å². The molecule has 134 valence electrons. The molecular weight excluding hydrogens is 314 g/mol. The number of benzene rings is 1. The molecule has 0 unspecified atom stereocenters. The number of carbonyl (C=O) groups excluding carboxylic acids is 1. The summed E-state index contributed by atoms with van der Waals surface area (Å²) in [6, 6.07) is 9.90. The van der Waals surface area contributed by atoms with Crippen LogP contribution in [0.5, 0.6) is 5.75 Å². The van der Waals surface area contributed by atoms with E-state index in [2.05, 4.69) is 25.9 Å². The highest BCUT2D eigenvalue weighted by Crippen LogP contribution is 2.37. The Balaban J connectivity index is 1.92. The maximum absolute atomic E-state index is 13.1. The van der Waals surface area contributed by atoms with Gasteiger partial charge in [0.25, 0.3) is 5.91 Å². The number of aromatic nitrogens is 2. The molecule has 1 saturated heterocycles. The molecule has 1 amide bonds. The maximum atomic E-state index is 13.1. The Morgan fingerprint density at radius 3 is 2.64 bits per heavy atom. The predicted octanol–water partition coefficient (Wildman–Crippen LogP) is 3.93. The third-order valence-corrected chi connectivity index (χ3v) is 4.75. The molecule has 1 aliphatic rings. The number of aryl methyl sites for hydroxylation is 1. The van der Waals surface area contributed by atoms with Gasteiger partial charge in [-0.3, -0.25) is 9.48 Å². The molecule has 0 radical (unpaired) electrons. The Labute approximate surface area is 149 Å². The van der Waals surface area contributed by atoms with E-state index in [0.29, 0.717) is 5.69 Å². The van der Waals surface area contributed by atoms with Crippen LogP contribution in [0, 0.1) is 6.92 Å². The Hall–Kier alpha value is -2.30. The molecule has 1 atom stereocenters. The number of rotatable bonds is 3. The first kappa shape index (κ1) is 17.5. The average Bonchev–Trinajstić information content (AvgIpc) is 3.20. The minimum Gasteiger partial charge on any atom is -0.496 e. The van der Waals surface area contributed by atoms with Crippen LogP contribution in [0.1, 0.15) is 61.4 Å². The van der Waals surface area contributed by atoms with Crippen LogP contribution >= 0.6 is 0 Å². The van der Waals surface area contributed by atoms with Gasteiger partial charge in [0.15, 0.2) is 5.69 Å². The molecule has 25 heavy (non-hydrogen) atoms. The predicted molar refractivity (Wildman–Crippen MR) is 98.0 cm³/mol. The number of para-hydroxylation sites is 1. The minimum atomic E-state index is -0.143. The average molecular weight is 341 g/mol. The molecule has 5 nitrogen and oxygen atoms in total. The van der Waals surface area contributed by atoms with Crippen LogP contribution < -0.4 is 4.74 Å². The van der Waals surface area contributed by atoms with Crippen LogP contribution in [0.25, 0.3) is 0 Å². The summed E-state index contributed by atoms with van der Waals surface area (Å²) in [6.45, 7) is 9.03. The Morgan fingerprint density at radius 2 is 2.00 bits per heavy atom. The van der Waals surface area contributed by atoms with Gasteiger partial charge in [-0.2, -0.15) is 5.10 Å². The molecule has 2 heterocycles. The fourth-order valence-electron chi connectivity index (χ4n) is 3.68. The maximum Gasteiger partial charge on any atom is 0.274 e. The van der Waals surface area contributed by atoms with Crippen molar-refractivity contribution in [2.75, 3.05) is 13.7 Å². The van der Waals surface area contributed by atoms with Gasteiger partial charge in [-0.15, -0.1) is 0 Å². The lowest BCUT2D eigenvalue weighted by atomic mass is 10.0. The van der Waals surface area contributed by atoms with E-state index in [1.165, 1.54) is 0 Å². The highest BCUT2D eigenvalue weighted by Gasteiger charge is 2.34. The standard InChI is InChI=1S/C20H27N3O2/c1-14-13-16(21-23(14)20(2,3)4)19(24)22-12-8-10-17(22)15-9-6-7-11-18(15)25-5/h6-7,9,11,13,17H,8,10,12H2,1-5H3/t17-/m1/s1. The van der Waals surface area contributed by atoms with Crippen LogP contribution in [-0.4, -0.2) is 34.2 Å². The van der Waals surface area contributed by atoms with Crippen LogP contribution in [0.2, 0.25) is 0 Å². The van der Waals surface area contributed by atoms with E-state index in [4.69, 9.17) is 4.74 Å². The molecule has 5 heteroatoms. The van der Waals surface area contributed by atoms with Gasteiger partial charge in [0, 0.05) is 17.8 Å². The summed E-state index contributed by atoms with van der Waals surface area (Å²) in [4.78, 5) is 15.1. The number of hydrogen-bond donors (Lipinski definition) is 0. The molecule has 0 N–H and O–H groups in total. The van der Waals surface area contributed by atoms with E-state index in [9.17, 15) is 4.79 Å². The van der Waals surface area contributed by atoms with Gasteiger partial charge in [-0.25, -0.2) is 0 Å². The fourth-order valence-corrected chi connectivity index (χ4v) is 3.68. The van der Waals surface area contributed by atoms with E-state index < -0.39 is 0 Å². The summed E-state index contributed by atoms with van der Waals surface area (Å²) < 4.78 is 7.43. The SMILES string of the molecule is COc1ccccc1[C@H]1CCCN1C(=O)c1cc(C)n(C(C)(C)C)n1. The zero-order valence-corrected chi connectivity index (χ0v) is 15.7. The third kappa shape index (κ3) is 3.28. The molecule has 1 aliphatic heterocycles. The monoisotopic (exact) mass is 341 g/mol. The van der Waals surface area contributed by atoms with Gasteiger partial charge in [0.1, 0.15) is 5.75 Å². The smallest absolute Gasteiger partial charge is 0.274 e. The molecular formula is C20H27N3O2. The van der Waals surface area contributed by atoms with E-state index in [1.54, 1.807) is 7.11 Å². The van der Waals surface area contributed by atoms with Crippen molar-refractivity contribution in [3.8, 4) is 5.75 Å². The van der Waals surface area contributed by atoms with Crippen molar-refractivity contribution < 1.29 is 9.53 Å². The molecule has 0 bridgehead atoms. The third-order valence-electron chi connectivity index (χ3n) is 4.75. The van der Waals surface area contributed by atoms with Gasteiger partial charge in [0.2, 0.25) is 0 Å². The topological polar surface area (TPSA) is 47.4 Å². The normalized spacial score (nSPS) is 17.8. The number of likely N-dealkylation sites (tertiary alicyclic amines) is 1. The number of ether oxygens (including phenoxy) is 1. The summed E-state index contributed by atoms with van der Waals surface area (Å²) in [7, 11) is 1.67. The highest BCUT2D eigenvalue weighted by molar-refractivity contribution is 5.93. The van der Waals surface area contributed by atoms with Crippen molar-refractivity contribution in [3.05, 3.63) is 47.3 Å². The number of nitrogens with zero attached hydrogens (tertiary/aromatic N) is 3. The first-order valence-electron chi connectivity index (χ1n) is 8.84. The van der Waals surface area contributed by atoms with Crippen LogP contribution in [0.4, 0.5) is 0 Å². The van der Waals surface area contributed by atoms with Gasteiger partial charge in [-0.05, 0) is 52.7 Å². The molecule has 2 aromatic rings. The van der Waals surface area contributed by atoms with Gasteiger partial charge in [0.05, 0.1) is 18.7 Å². The molecule has 0 spiro atoms. The summed E-state index contributed by atoms with van der Waals surface area (Å²) in [5.41, 5.74) is 2.45. The second-order valence-electron chi connectivity index (χ2n) is 7.65. The fraction of sp³-hybridized carbons (Fsp3) is 0.500. The number of hydrogen-bond acceptors (Lipinski definition) is 3. The largest absolute Gasteiger partial charge is 0.496 e. The number of amides is 1. The van der Waals surface area contributed by atoms with Crippen molar-refractivity contribution in [2.24, 2.45) is 0 Å². The Morgan fingerprint density at radius 1 is 1.28 bits per heavy atom. The highest BCUT2D eigenvalue weighted by atomic mass is 16.5. The second kappa shape index (κ2) is 6.54. The van der Waals surface area contributed by atoms with Crippen LogP contribution in [0.3, 0.4) is 0 Å². The summed E-state index contributed by atoms with van der Waals surface area (Å²) >= 11 is 0. The first-order valence-corrected chi connectivity index (χ1v) is 8.84. The lowest BCUT2D eigenvalue weighted by molar-refractivity contribution is 0.0726. The quantitative estimate of drug-likeness (QED) is 0.850. The van der Waals surface area contributed by atoms with Gasteiger partial charge < -0.3 is 9.64 Å². The van der Waals surface area contributed by atoms with E-state index >= 15 is 0 Å². The molecule has 0 aliphatic carbocycles. The zero-order chi connectivity index (χ0) is 18.2. The van der Waals surface area contributed by atoms with E-state index in [1.807, 2.05) is 46.8 Å². The Kier molecular flexibility index (Phi) is 4.58. The number of methoxy groups -OCH3 is 1. The lowest BCUT2D eigenvalue weighted by Crippen LogP contribution is -2.32. The molecule has 3 rings (SSSR count). The van der Waals surface area contributed by atoms with Crippen molar-refractivity contribution in [1.82, 2.24) is 14.7 Å². The van der Waals surface area contributed by atoms with Crippen LogP contribution in [-0.2, 0) is 5.54 Å².